The van der Waals surface area contributed by atoms with Crippen molar-refractivity contribution in [3.05, 3.63) is 59.7 Å². The second-order valence-electron chi connectivity index (χ2n) is 4.57. The summed E-state index contributed by atoms with van der Waals surface area (Å²) >= 11 is 0. The van der Waals surface area contributed by atoms with E-state index in [1.807, 2.05) is 48.5 Å². The lowest BCUT2D eigenvalue weighted by Gasteiger charge is -2.11. The molecule has 0 fully saturated rings. The first kappa shape index (κ1) is 13.4. The molecule has 2 aromatic carbocycles. The summed E-state index contributed by atoms with van der Waals surface area (Å²) < 4.78 is 5.11. The quantitative estimate of drug-likeness (QED) is 0.810. The molecule has 0 bridgehead atoms. The van der Waals surface area contributed by atoms with E-state index in [0.29, 0.717) is 12.1 Å². The lowest BCUT2D eigenvalue weighted by Crippen LogP contribution is -2.00. The molecule has 0 amide bonds. The fourth-order valence-electron chi connectivity index (χ4n) is 2.03. The Kier molecular flexibility index (Phi) is 4.42. The number of aliphatic hydroxyl groups excluding tert-OH is 1. The molecule has 1 unspecified atom stereocenters. The van der Waals surface area contributed by atoms with E-state index in [-0.39, 0.29) is 0 Å². The van der Waals surface area contributed by atoms with Gasteiger partial charge in [-0.3, -0.25) is 0 Å². The number of anilines is 1. The van der Waals surface area contributed by atoms with Crippen LogP contribution in [0.25, 0.3) is 0 Å². The second kappa shape index (κ2) is 6.25. The fraction of sp³-hybridized carbons (Fsp3) is 0.250. The molecule has 100 valence electrons. The van der Waals surface area contributed by atoms with E-state index in [4.69, 9.17) is 10.5 Å². The first-order valence-corrected chi connectivity index (χ1v) is 6.35. The van der Waals surface area contributed by atoms with Gasteiger partial charge in [-0.15, -0.1) is 0 Å². The summed E-state index contributed by atoms with van der Waals surface area (Å²) in [6.07, 6.45) is 1.01. The molecule has 19 heavy (non-hydrogen) atoms. The van der Waals surface area contributed by atoms with Crippen molar-refractivity contribution in [3.63, 3.8) is 0 Å². The summed E-state index contributed by atoms with van der Waals surface area (Å²) in [6, 6.07) is 15.3. The zero-order valence-electron chi connectivity index (χ0n) is 11.0. The zero-order valence-corrected chi connectivity index (χ0v) is 11.0. The van der Waals surface area contributed by atoms with Crippen LogP contribution in [0.3, 0.4) is 0 Å². The van der Waals surface area contributed by atoms with Gasteiger partial charge in [-0.1, -0.05) is 24.3 Å². The van der Waals surface area contributed by atoms with Crippen molar-refractivity contribution >= 4 is 5.69 Å². The topological polar surface area (TPSA) is 55.5 Å². The van der Waals surface area contributed by atoms with E-state index in [9.17, 15) is 5.11 Å². The third-order valence-corrected chi connectivity index (χ3v) is 3.16. The Morgan fingerprint density at radius 2 is 1.89 bits per heavy atom. The first-order valence-electron chi connectivity index (χ1n) is 6.35. The fourth-order valence-corrected chi connectivity index (χ4v) is 2.03. The van der Waals surface area contributed by atoms with Crippen molar-refractivity contribution in [2.45, 2.75) is 18.9 Å². The Morgan fingerprint density at radius 1 is 1.16 bits per heavy atom. The molecule has 0 aliphatic carbocycles. The van der Waals surface area contributed by atoms with Crippen LogP contribution < -0.4 is 10.5 Å². The minimum Gasteiger partial charge on any atom is -0.497 e. The van der Waals surface area contributed by atoms with Gasteiger partial charge in [-0.2, -0.15) is 0 Å². The van der Waals surface area contributed by atoms with Gasteiger partial charge in [0.15, 0.2) is 0 Å². The van der Waals surface area contributed by atoms with Gasteiger partial charge in [0.05, 0.1) is 13.2 Å². The summed E-state index contributed by atoms with van der Waals surface area (Å²) in [6.45, 7) is 0. The highest BCUT2D eigenvalue weighted by Gasteiger charge is 2.08. The molecule has 0 saturated heterocycles. The van der Waals surface area contributed by atoms with Gasteiger partial charge in [-0.25, -0.2) is 0 Å². The Labute approximate surface area is 113 Å². The van der Waals surface area contributed by atoms with Gasteiger partial charge >= 0.3 is 0 Å². The number of hydrogen-bond acceptors (Lipinski definition) is 3. The van der Waals surface area contributed by atoms with Gasteiger partial charge in [-0.05, 0) is 48.2 Å². The van der Waals surface area contributed by atoms with Gasteiger partial charge in [0, 0.05) is 5.69 Å². The number of nitrogens with two attached hydrogens (primary N) is 1. The number of aryl methyl sites for hydroxylation is 1. The molecule has 0 radical (unpaired) electrons. The largest absolute Gasteiger partial charge is 0.497 e. The summed E-state index contributed by atoms with van der Waals surface area (Å²) in [5.74, 6) is 0.847. The molecular weight excluding hydrogens is 238 g/mol. The predicted molar refractivity (Wildman–Crippen MR) is 77.1 cm³/mol. The molecule has 2 aromatic rings. The highest BCUT2D eigenvalue weighted by molar-refractivity contribution is 5.41. The number of benzene rings is 2. The van der Waals surface area contributed by atoms with Crippen LogP contribution in [0.5, 0.6) is 5.75 Å². The smallest absolute Gasteiger partial charge is 0.118 e. The van der Waals surface area contributed by atoms with Crippen molar-refractivity contribution in [2.24, 2.45) is 0 Å². The van der Waals surface area contributed by atoms with Gasteiger partial charge in [0.25, 0.3) is 0 Å². The Balaban J connectivity index is 1.94. The zero-order chi connectivity index (χ0) is 13.7. The number of ether oxygens (including phenoxy) is 1. The molecular formula is C16H19NO2. The third-order valence-electron chi connectivity index (χ3n) is 3.16. The molecule has 0 spiro atoms. The molecule has 3 heteroatoms. The standard InChI is InChI=1S/C16H19NO2/c1-19-15-8-5-12(6-9-15)7-10-16(18)13-3-2-4-14(17)11-13/h2-6,8-9,11,16,18H,7,10,17H2,1H3. The maximum atomic E-state index is 10.1. The van der Waals surface area contributed by atoms with Crippen LogP contribution in [0.1, 0.15) is 23.7 Å². The van der Waals surface area contributed by atoms with E-state index in [2.05, 4.69) is 0 Å². The molecule has 3 N–H and O–H groups in total. The predicted octanol–water partition coefficient (Wildman–Crippen LogP) is 2.94. The Bertz CT molecular complexity index is 523. The SMILES string of the molecule is COc1ccc(CCC(O)c2cccc(N)c2)cc1. The lowest BCUT2D eigenvalue weighted by atomic mass is 10.0. The maximum absolute atomic E-state index is 10.1. The molecule has 0 aliphatic heterocycles. The van der Waals surface area contributed by atoms with Gasteiger partial charge < -0.3 is 15.6 Å². The summed E-state index contributed by atoms with van der Waals surface area (Å²) in [5, 5.41) is 10.1. The normalized spacial score (nSPS) is 12.1. The number of methoxy groups -OCH3 is 1. The average Bonchev–Trinajstić information content (AvgIpc) is 2.45. The van der Waals surface area contributed by atoms with Crippen LogP contribution in [0.2, 0.25) is 0 Å². The molecule has 0 saturated carbocycles. The lowest BCUT2D eigenvalue weighted by molar-refractivity contribution is 0.168. The first-order chi connectivity index (χ1) is 9.19. The van der Waals surface area contributed by atoms with Crippen LogP contribution in [0.4, 0.5) is 5.69 Å². The van der Waals surface area contributed by atoms with Crippen LogP contribution in [0, 0.1) is 0 Å². The van der Waals surface area contributed by atoms with Crippen molar-refractivity contribution in [2.75, 3.05) is 12.8 Å². The van der Waals surface area contributed by atoms with Crippen molar-refractivity contribution in [3.8, 4) is 5.75 Å². The van der Waals surface area contributed by atoms with E-state index in [1.54, 1.807) is 7.11 Å². The molecule has 0 aromatic heterocycles. The highest BCUT2D eigenvalue weighted by atomic mass is 16.5. The molecule has 0 aliphatic rings. The van der Waals surface area contributed by atoms with Crippen LogP contribution >= 0.6 is 0 Å². The van der Waals surface area contributed by atoms with Crippen molar-refractivity contribution < 1.29 is 9.84 Å². The highest BCUT2D eigenvalue weighted by Crippen LogP contribution is 2.21. The molecule has 2 rings (SSSR count). The minimum atomic E-state index is -0.481. The maximum Gasteiger partial charge on any atom is 0.118 e. The number of nitrogen functional groups attached to an aromatic ring is 1. The van der Waals surface area contributed by atoms with Gasteiger partial charge in [0.1, 0.15) is 5.75 Å². The van der Waals surface area contributed by atoms with Crippen molar-refractivity contribution in [1.82, 2.24) is 0 Å². The van der Waals surface area contributed by atoms with Crippen molar-refractivity contribution in [1.29, 1.82) is 0 Å². The summed E-state index contributed by atoms with van der Waals surface area (Å²) in [7, 11) is 1.65. The van der Waals surface area contributed by atoms with Crippen LogP contribution in [-0.4, -0.2) is 12.2 Å². The van der Waals surface area contributed by atoms with E-state index < -0.39 is 6.10 Å². The average molecular weight is 257 g/mol. The van der Waals surface area contributed by atoms with E-state index >= 15 is 0 Å². The molecule has 0 heterocycles. The second-order valence-corrected chi connectivity index (χ2v) is 4.57. The number of rotatable bonds is 5. The third kappa shape index (κ3) is 3.73. The summed E-state index contributed by atoms with van der Waals surface area (Å²) in [5.41, 5.74) is 8.45. The van der Waals surface area contributed by atoms with E-state index in [0.717, 1.165) is 17.7 Å². The minimum absolute atomic E-state index is 0.481. The van der Waals surface area contributed by atoms with Gasteiger partial charge in [0.2, 0.25) is 0 Å². The number of hydrogen-bond donors (Lipinski definition) is 2. The van der Waals surface area contributed by atoms with Crippen LogP contribution in [0.15, 0.2) is 48.5 Å². The van der Waals surface area contributed by atoms with E-state index in [1.165, 1.54) is 5.56 Å². The van der Waals surface area contributed by atoms with Crippen LogP contribution in [-0.2, 0) is 6.42 Å². The molecule has 3 nitrogen and oxygen atoms in total. The monoisotopic (exact) mass is 257 g/mol. The molecule has 1 atom stereocenters. The summed E-state index contributed by atoms with van der Waals surface area (Å²) in [4.78, 5) is 0. The number of aliphatic hydroxyl groups is 1. The Morgan fingerprint density at radius 3 is 2.53 bits per heavy atom. The Hall–Kier alpha value is -2.00.